The zero-order chi connectivity index (χ0) is 19.2. The molecule has 0 radical (unpaired) electrons. The Morgan fingerprint density at radius 2 is 2.15 bits per heavy atom. The van der Waals surface area contributed by atoms with E-state index < -0.39 is 6.61 Å². The Bertz CT molecular complexity index is 871. The zero-order valence-corrected chi connectivity index (χ0v) is 15.0. The molecule has 1 aromatic carbocycles. The van der Waals surface area contributed by atoms with Gasteiger partial charge in [0, 0.05) is 13.0 Å². The summed E-state index contributed by atoms with van der Waals surface area (Å²) < 4.78 is 36.9. The lowest BCUT2D eigenvalue weighted by Crippen LogP contribution is -2.05. The minimum atomic E-state index is -2.94. The number of halogens is 2. The van der Waals surface area contributed by atoms with Gasteiger partial charge in [-0.15, -0.1) is 10.2 Å². The van der Waals surface area contributed by atoms with E-state index in [2.05, 4.69) is 21.0 Å². The molecule has 0 aliphatic carbocycles. The van der Waals surface area contributed by atoms with Crippen molar-refractivity contribution < 1.29 is 18.3 Å². The molecule has 0 unspecified atom stereocenters. The van der Waals surface area contributed by atoms with Crippen molar-refractivity contribution in [1.82, 2.24) is 14.8 Å². The lowest BCUT2D eigenvalue weighted by molar-refractivity contribution is -0.0514. The molecule has 0 amide bonds. The molecule has 0 bridgehead atoms. The Morgan fingerprint density at radius 1 is 1.30 bits per heavy atom. The molecule has 1 aliphatic rings. The molecule has 0 N–H and O–H groups in total. The number of ether oxygens (including phenoxy) is 2. The number of benzene rings is 1. The molecule has 0 fully saturated rings. The van der Waals surface area contributed by atoms with E-state index in [0.717, 1.165) is 38.1 Å². The van der Waals surface area contributed by atoms with E-state index >= 15 is 0 Å². The Balaban J connectivity index is 1.95. The molecule has 3 rings (SSSR count). The number of aryl methyl sites for hydroxylation is 1. The van der Waals surface area contributed by atoms with Crippen LogP contribution in [0.2, 0.25) is 0 Å². The van der Waals surface area contributed by atoms with Crippen LogP contribution < -0.4 is 9.47 Å². The highest BCUT2D eigenvalue weighted by Crippen LogP contribution is 2.31. The van der Waals surface area contributed by atoms with Crippen molar-refractivity contribution in [2.24, 2.45) is 0 Å². The first-order valence-corrected chi connectivity index (χ1v) is 8.88. The fourth-order valence-corrected chi connectivity index (χ4v) is 3.07. The smallest absolute Gasteiger partial charge is 0.387 e. The second-order valence-electron chi connectivity index (χ2n) is 6.09. The van der Waals surface area contributed by atoms with Gasteiger partial charge in [-0.2, -0.15) is 14.0 Å². The average Bonchev–Trinajstić information content (AvgIpc) is 2.89. The molecule has 1 aliphatic heterocycles. The van der Waals surface area contributed by atoms with Gasteiger partial charge < -0.3 is 14.0 Å². The maximum absolute atomic E-state index is 12.5. The van der Waals surface area contributed by atoms with E-state index in [1.807, 2.05) is 4.57 Å². The van der Waals surface area contributed by atoms with Gasteiger partial charge in [0.2, 0.25) is 0 Å². The number of aromatic nitrogens is 3. The maximum Gasteiger partial charge on any atom is 0.387 e. The lowest BCUT2D eigenvalue weighted by Gasteiger charge is -2.12. The summed E-state index contributed by atoms with van der Waals surface area (Å²) in [4.78, 5) is 0. The zero-order valence-electron chi connectivity index (χ0n) is 15.0. The summed E-state index contributed by atoms with van der Waals surface area (Å²) in [6.45, 7) is -0.106. The molecular formula is C19H20F2N4O2. The highest BCUT2D eigenvalue weighted by molar-refractivity contribution is 5.87. The molecule has 0 spiro atoms. The summed E-state index contributed by atoms with van der Waals surface area (Å²) in [6, 6.07) is 6.73. The van der Waals surface area contributed by atoms with E-state index in [9.17, 15) is 14.0 Å². The predicted molar refractivity (Wildman–Crippen MR) is 95.3 cm³/mol. The molecule has 142 valence electrons. The number of hydrogen-bond donors (Lipinski definition) is 0. The number of allylic oxidation sites excluding steroid dienone is 1. The second kappa shape index (κ2) is 8.62. The molecule has 2 aromatic rings. The second-order valence-corrected chi connectivity index (χ2v) is 6.09. The molecule has 8 heteroatoms. The number of rotatable bonds is 6. The van der Waals surface area contributed by atoms with E-state index in [1.165, 1.54) is 6.07 Å². The van der Waals surface area contributed by atoms with Crippen molar-refractivity contribution in [1.29, 1.82) is 5.26 Å². The summed E-state index contributed by atoms with van der Waals surface area (Å²) in [6.07, 6.45) is 5.70. The summed E-state index contributed by atoms with van der Waals surface area (Å²) >= 11 is 0. The average molecular weight is 374 g/mol. The fraction of sp³-hybridized carbons (Fsp3) is 0.421. The van der Waals surface area contributed by atoms with Crippen LogP contribution in [0.15, 0.2) is 18.2 Å². The van der Waals surface area contributed by atoms with Crippen LogP contribution in [-0.4, -0.2) is 28.0 Å². The molecular weight excluding hydrogens is 354 g/mol. The third-order valence-electron chi connectivity index (χ3n) is 4.27. The molecule has 0 saturated carbocycles. The van der Waals surface area contributed by atoms with Gasteiger partial charge in [0.05, 0.1) is 12.2 Å². The molecule has 1 aromatic heterocycles. The number of nitriles is 1. The summed E-state index contributed by atoms with van der Waals surface area (Å²) in [7, 11) is 0. The van der Waals surface area contributed by atoms with E-state index in [0.29, 0.717) is 23.6 Å². The van der Waals surface area contributed by atoms with Crippen LogP contribution in [0, 0.1) is 11.3 Å². The van der Waals surface area contributed by atoms with Crippen molar-refractivity contribution in [3.05, 3.63) is 35.4 Å². The maximum atomic E-state index is 12.5. The van der Waals surface area contributed by atoms with Crippen LogP contribution in [0.4, 0.5) is 8.78 Å². The fourth-order valence-electron chi connectivity index (χ4n) is 3.07. The monoisotopic (exact) mass is 374 g/mol. The van der Waals surface area contributed by atoms with Crippen LogP contribution in [0.25, 0.3) is 11.6 Å². The third-order valence-corrected chi connectivity index (χ3v) is 4.27. The minimum Gasteiger partial charge on any atom is -0.490 e. The standard InChI is InChI=1S/C19H20F2N4O2/c1-2-26-16-11-13(7-8-15(16)27-19(20)21)10-14(12-22)18-24-23-17-6-4-3-5-9-25(17)18/h7-8,10-11,19H,2-6,9H2,1H3. The van der Waals surface area contributed by atoms with Crippen molar-refractivity contribution in [2.45, 2.75) is 45.8 Å². The number of alkyl halides is 2. The van der Waals surface area contributed by atoms with Crippen LogP contribution in [0.5, 0.6) is 11.5 Å². The molecule has 0 saturated heterocycles. The SMILES string of the molecule is CCOc1cc(C=C(C#N)c2nnc3n2CCCCC3)ccc1OC(F)F. The first-order chi connectivity index (χ1) is 13.1. The summed E-state index contributed by atoms with van der Waals surface area (Å²) in [5.74, 6) is 1.57. The van der Waals surface area contributed by atoms with E-state index in [4.69, 9.17) is 4.74 Å². The highest BCUT2D eigenvalue weighted by atomic mass is 19.3. The van der Waals surface area contributed by atoms with Crippen LogP contribution in [-0.2, 0) is 13.0 Å². The van der Waals surface area contributed by atoms with Crippen molar-refractivity contribution >= 4 is 11.6 Å². The van der Waals surface area contributed by atoms with Crippen molar-refractivity contribution in [2.75, 3.05) is 6.61 Å². The summed E-state index contributed by atoms with van der Waals surface area (Å²) in [5, 5.41) is 18.0. The molecule has 6 nitrogen and oxygen atoms in total. The van der Waals surface area contributed by atoms with Crippen LogP contribution >= 0.6 is 0 Å². The van der Waals surface area contributed by atoms with E-state index in [1.54, 1.807) is 25.1 Å². The van der Waals surface area contributed by atoms with Crippen molar-refractivity contribution in [3.8, 4) is 17.6 Å². The number of hydrogen-bond acceptors (Lipinski definition) is 5. The minimum absolute atomic E-state index is 0.0427. The van der Waals surface area contributed by atoms with Gasteiger partial charge in [-0.3, -0.25) is 0 Å². The van der Waals surface area contributed by atoms with E-state index in [-0.39, 0.29) is 11.5 Å². The predicted octanol–water partition coefficient (Wildman–Crippen LogP) is 4.07. The van der Waals surface area contributed by atoms with Crippen LogP contribution in [0.3, 0.4) is 0 Å². The van der Waals surface area contributed by atoms with Gasteiger partial charge in [0.25, 0.3) is 0 Å². The first-order valence-electron chi connectivity index (χ1n) is 8.88. The molecule has 2 heterocycles. The quantitative estimate of drug-likeness (QED) is 0.713. The number of fused-ring (bicyclic) bond motifs is 1. The first kappa shape index (κ1) is 18.8. The van der Waals surface area contributed by atoms with Gasteiger partial charge in [0.15, 0.2) is 17.3 Å². The van der Waals surface area contributed by atoms with Gasteiger partial charge in [-0.05, 0) is 43.5 Å². The topological polar surface area (TPSA) is 73.0 Å². The normalized spacial score (nSPS) is 14.4. The molecule has 27 heavy (non-hydrogen) atoms. The van der Waals surface area contributed by atoms with Gasteiger partial charge in [0.1, 0.15) is 11.9 Å². The van der Waals surface area contributed by atoms with Gasteiger partial charge in [-0.25, -0.2) is 0 Å². The summed E-state index contributed by atoms with van der Waals surface area (Å²) in [5.41, 5.74) is 0.989. The Hall–Kier alpha value is -2.95. The lowest BCUT2D eigenvalue weighted by atomic mass is 10.1. The van der Waals surface area contributed by atoms with Crippen molar-refractivity contribution in [3.63, 3.8) is 0 Å². The Kier molecular flexibility index (Phi) is 6.01. The van der Waals surface area contributed by atoms with Gasteiger partial charge in [-0.1, -0.05) is 12.5 Å². The van der Waals surface area contributed by atoms with Gasteiger partial charge >= 0.3 is 6.61 Å². The highest BCUT2D eigenvalue weighted by Gasteiger charge is 2.18. The Morgan fingerprint density at radius 3 is 2.89 bits per heavy atom. The largest absolute Gasteiger partial charge is 0.490 e. The van der Waals surface area contributed by atoms with Crippen LogP contribution in [0.1, 0.15) is 43.4 Å². The third kappa shape index (κ3) is 4.42. The Labute approximate surface area is 156 Å². The molecule has 0 atom stereocenters. The number of nitrogens with zero attached hydrogens (tertiary/aromatic N) is 4.